The Kier molecular flexibility index (Phi) is 8.81. The highest BCUT2D eigenvalue weighted by atomic mass is 35.5. The third kappa shape index (κ3) is 4.74. The fourth-order valence-corrected chi connectivity index (χ4v) is 2.56. The average molecular weight is 370 g/mol. The molecule has 1 saturated heterocycles. The summed E-state index contributed by atoms with van der Waals surface area (Å²) in [5.41, 5.74) is 0. The lowest BCUT2D eigenvalue weighted by Crippen LogP contribution is -2.65. The molecular weight excluding hydrogens is 346 g/mol. The number of aliphatic hydroxyl groups is 4. The van der Waals surface area contributed by atoms with Gasteiger partial charge in [-0.05, 0) is 6.42 Å². The van der Waals surface area contributed by atoms with E-state index in [0.29, 0.717) is 17.9 Å². The molecule has 0 aliphatic carbocycles. The third-order valence-corrected chi connectivity index (χ3v) is 3.96. The molecule has 1 fully saturated rings. The van der Waals surface area contributed by atoms with Crippen LogP contribution >= 0.6 is 11.6 Å². The standard InChI is InChI=1S/C13H24ClN3O7/c1-2-3-5-16(13(22)17(15-23)6-4-14)12-11(21)10(20)9(19)8(7-18)24-12/h8-12,18-21H,2-7H2,1H3/t8-,9+,10+,11-,12-/m1/s1. The van der Waals surface area contributed by atoms with E-state index in [0.717, 1.165) is 4.90 Å². The van der Waals surface area contributed by atoms with Crippen molar-refractivity contribution in [1.29, 1.82) is 0 Å². The Balaban J connectivity index is 3.04. The van der Waals surface area contributed by atoms with Crippen LogP contribution in [0.3, 0.4) is 0 Å². The van der Waals surface area contributed by atoms with E-state index < -0.39 is 43.3 Å². The molecule has 1 aliphatic rings. The van der Waals surface area contributed by atoms with Gasteiger partial charge in [-0.3, -0.25) is 4.90 Å². The van der Waals surface area contributed by atoms with Crippen molar-refractivity contribution in [1.82, 2.24) is 9.91 Å². The Morgan fingerprint density at radius 3 is 2.38 bits per heavy atom. The molecule has 0 unspecified atom stereocenters. The fraction of sp³-hybridized carbons (Fsp3) is 0.923. The van der Waals surface area contributed by atoms with Crippen molar-refractivity contribution in [3.05, 3.63) is 4.91 Å². The van der Waals surface area contributed by atoms with E-state index >= 15 is 0 Å². The van der Waals surface area contributed by atoms with Gasteiger partial charge in [0, 0.05) is 12.4 Å². The van der Waals surface area contributed by atoms with Crippen molar-refractivity contribution in [2.24, 2.45) is 5.29 Å². The number of unbranched alkanes of at least 4 members (excludes halogenated alkanes) is 1. The number of ether oxygens (including phenoxy) is 1. The van der Waals surface area contributed by atoms with Gasteiger partial charge in [0.2, 0.25) is 0 Å². The molecule has 0 aromatic carbocycles. The molecule has 0 spiro atoms. The number of carbonyl (C=O) groups excluding carboxylic acids is 1. The van der Waals surface area contributed by atoms with Gasteiger partial charge >= 0.3 is 6.03 Å². The summed E-state index contributed by atoms with van der Waals surface area (Å²) < 4.78 is 5.38. The Labute approximate surface area is 144 Å². The Morgan fingerprint density at radius 1 is 1.21 bits per heavy atom. The van der Waals surface area contributed by atoms with Crippen molar-refractivity contribution in [2.75, 3.05) is 25.6 Å². The number of nitrogens with zero attached hydrogens (tertiary/aromatic N) is 3. The van der Waals surface area contributed by atoms with Gasteiger partial charge < -0.3 is 25.2 Å². The number of amides is 2. The predicted octanol–water partition coefficient (Wildman–Crippen LogP) is -0.769. The topological polar surface area (TPSA) is 143 Å². The number of urea groups is 1. The molecule has 1 aliphatic heterocycles. The van der Waals surface area contributed by atoms with E-state index in [9.17, 15) is 30.1 Å². The molecule has 11 heteroatoms. The lowest BCUT2D eigenvalue weighted by Gasteiger charge is -2.44. The van der Waals surface area contributed by atoms with Crippen LogP contribution in [-0.2, 0) is 4.74 Å². The molecule has 140 valence electrons. The summed E-state index contributed by atoms with van der Waals surface area (Å²) in [4.78, 5) is 24.4. The van der Waals surface area contributed by atoms with Gasteiger partial charge in [0.25, 0.3) is 0 Å². The quantitative estimate of drug-likeness (QED) is 0.250. The van der Waals surface area contributed by atoms with Gasteiger partial charge in [0.15, 0.2) is 6.23 Å². The molecule has 5 atom stereocenters. The van der Waals surface area contributed by atoms with Crippen molar-refractivity contribution in [3.8, 4) is 0 Å². The number of hydrogen-bond acceptors (Lipinski definition) is 8. The zero-order valence-corrected chi connectivity index (χ0v) is 14.1. The Hall–Kier alpha value is -1.04. The van der Waals surface area contributed by atoms with Crippen LogP contribution in [-0.4, -0.2) is 92.6 Å². The lowest BCUT2D eigenvalue weighted by molar-refractivity contribution is -0.258. The van der Waals surface area contributed by atoms with Gasteiger partial charge in [0.1, 0.15) is 24.4 Å². The normalized spacial score (nSPS) is 30.0. The first-order valence-electron chi connectivity index (χ1n) is 7.70. The van der Waals surface area contributed by atoms with Gasteiger partial charge in [-0.25, -0.2) is 4.79 Å². The Morgan fingerprint density at radius 2 is 1.88 bits per heavy atom. The predicted molar refractivity (Wildman–Crippen MR) is 84.0 cm³/mol. The minimum absolute atomic E-state index is 0.0201. The first-order valence-corrected chi connectivity index (χ1v) is 8.24. The summed E-state index contributed by atoms with van der Waals surface area (Å²) in [6.45, 7) is 1.25. The smallest absolute Gasteiger partial charge is 0.345 e. The molecule has 0 saturated carbocycles. The molecule has 1 rings (SSSR count). The van der Waals surface area contributed by atoms with E-state index in [-0.39, 0.29) is 19.0 Å². The highest BCUT2D eigenvalue weighted by molar-refractivity contribution is 6.18. The SMILES string of the molecule is CCCCN(C(=O)N(CCCl)N=O)[C@@H]1O[C@H](CO)[C@H](O)[C@H](O)[C@H]1O. The van der Waals surface area contributed by atoms with E-state index in [1.807, 2.05) is 6.92 Å². The second-order valence-corrected chi connectivity index (χ2v) is 5.82. The minimum atomic E-state index is -1.62. The molecule has 1 heterocycles. The van der Waals surface area contributed by atoms with Crippen molar-refractivity contribution < 1.29 is 30.0 Å². The molecule has 0 bridgehead atoms. The third-order valence-electron chi connectivity index (χ3n) is 3.79. The largest absolute Gasteiger partial charge is 0.394 e. The van der Waals surface area contributed by atoms with E-state index in [2.05, 4.69) is 5.29 Å². The van der Waals surface area contributed by atoms with E-state index in [4.69, 9.17) is 16.3 Å². The number of carbonyl (C=O) groups is 1. The van der Waals surface area contributed by atoms with Gasteiger partial charge in [-0.1, -0.05) is 13.3 Å². The molecule has 0 radical (unpaired) electrons. The summed E-state index contributed by atoms with van der Waals surface area (Å²) in [6.07, 6.45) is -6.03. The van der Waals surface area contributed by atoms with Crippen LogP contribution in [0.15, 0.2) is 5.29 Å². The van der Waals surface area contributed by atoms with Crippen molar-refractivity contribution in [3.63, 3.8) is 0 Å². The molecule has 24 heavy (non-hydrogen) atoms. The summed E-state index contributed by atoms with van der Waals surface area (Å²) in [7, 11) is 0. The van der Waals surface area contributed by atoms with Gasteiger partial charge in [-0.2, -0.15) is 5.01 Å². The van der Waals surface area contributed by atoms with E-state index in [1.165, 1.54) is 0 Å². The average Bonchev–Trinajstić information content (AvgIpc) is 2.59. The number of hydrogen-bond donors (Lipinski definition) is 4. The lowest BCUT2D eigenvalue weighted by atomic mass is 9.97. The number of halogens is 1. The highest BCUT2D eigenvalue weighted by Gasteiger charge is 2.47. The van der Waals surface area contributed by atoms with Crippen LogP contribution in [0.25, 0.3) is 0 Å². The maximum absolute atomic E-state index is 12.5. The number of aliphatic hydroxyl groups excluding tert-OH is 4. The van der Waals surface area contributed by atoms with Crippen LogP contribution in [0.1, 0.15) is 19.8 Å². The first kappa shape index (κ1) is 21.0. The summed E-state index contributed by atoms with van der Waals surface area (Å²) in [6, 6.07) is -0.844. The van der Waals surface area contributed by atoms with Crippen LogP contribution in [0, 0.1) is 4.91 Å². The minimum Gasteiger partial charge on any atom is -0.394 e. The molecule has 0 aromatic heterocycles. The number of nitroso groups, excluding NO2 is 1. The van der Waals surface area contributed by atoms with Crippen molar-refractivity contribution in [2.45, 2.75) is 50.4 Å². The van der Waals surface area contributed by atoms with E-state index in [1.54, 1.807) is 0 Å². The van der Waals surface area contributed by atoms with Gasteiger partial charge in [0.05, 0.1) is 18.4 Å². The zero-order chi connectivity index (χ0) is 18.3. The summed E-state index contributed by atoms with van der Waals surface area (Å²) >= 11 is 5.53. The van der Waals surface area contributed by atoms with Crippen LogP contribution in [0.2, 0.25) is 0 Å². The maximum Gasteiger partial charge on any atom is 0.345 e. The number of rotatable bonds is 8. The molecule has 0 aromatic rings. The monoisotopic (exact) mass is 369 g/mol. The highest BCUT2D eigenvalue weighted by Crippen LogP contribution is 2.25. The second-order valence-electron chi connectivity index (χ2n) is 5.44. The maximum atomic E-state index is 12.5. The summed E-state index contributed by atoms with van der Waals surface area (Å²) in [5, 5.41) is 42.3. The first-order chi connectivity index (χ1) is 11.4. The summed E-state index contributed by atoms with van der Waals surface area (Å²) in [5.74, 6) is -0.0201. The number of alkyl halides is 1. The van der Waals surface area contributed by atoms with Gasteiger partial charge in [-0.15, -0.1) is 16.5 Å². The second kappa shape index (κ2) is 10.1. The molecule has 4 N–H and O–H groups in total. The molecule has 10 nitrogen and oxygen atoms in total. The van der Waals surface area contributed by atoms with Crippen molar-refractivity contribution >= 4 is 17.6 Å². The zero-order valence-electron chi connectivity index (χ0n) is 13.4. The Bertz CT molecular complexity index is 415. The van der Waals surface area contributed by atoms with Crippen LogP contribution in [0.4, 0.5) is 4.79 Å². The van der Waals surface area contributed by atoms with Crippen LogP contribution < -0.4 is 0 Å². The van der Waals surface area contributed by atoms with Crippen LogP contribution in [0.5, 0.6) is 0 Å². The molecule has 2 amide bonds. The fourth-order valence-electron chi connectivity index (χ4n) is 2.40. The molecular formula is C13H24ClN3O7.